The highest BCUT2D eigenvalue weighted by atomic mass is 16.4. The number of aromatic amines is 1. The van der Waals surface area contributed by atoms with Crippen molar-refractivity contribution in [3.63, 3.8) is 0 Å². The Morgan fingerprint density at radius 2 is 1.72 bits per heavy atom. The first kappa shape index (κ1) is 34.6. The SMILES string of the molecule is C=O.CC.CC.CC1CC2(C)C(N3CNc4ccccc43)=CCC2C2CC=C3CC([n+]4cc[nH]c4)CCC3(C)C12.COC. The predicted molar refractivity (Wildman–Crippen MR) is 180 cm³/mol. The Morgan fingerprint density at radius 1 is 1.02 bits per heavy atom. The third-order valence-corrected chi connectivity index (χ3v) is 10.8. The lowest BCUT2D eigenvalue weighted by Gasteiger charge is -2.60. The van der Waals surface area contributed by atoms with E-state index in [1.54, 1.807) is 25.5 Å². The number of aromatic nitrogens is 2. The largest absolute Gasteiger partial charge is 0.388 e. The Morgan fingerprint density at radius 3 is 2.40 bits per heavy atom. The number of rotatable bonds is 2. The summed E-state index contributed by atoms with van der Waals surface area (Å²) in [5, 5.41) is 3.64. The molecule has 6 nitrogen and oxygen atoms in total. The van der Waals surface area contributed by atoms with Crippen LogP contribution in [0.1, 0.15) is 93.0 Å². The number of ether oxygens (including phenoxy) is 1. The van der Waals surface area contributed by atoms with Gasteiger partial charge in [-0.25, -0.2) is 4.57 Å². The van der Waals surface area contributed by atoms with Crippen molar-refractivity contribution in [3.05, 3.63) is 66.4 Å². The van der Waals surface area contributed by atoms with E-state index in [9.17, 15) is 0 Å². The third-order valence-electron chi connectivity index (χ3n) is 10.8. The Kier molecular flexibility index (Phi) is 12.3. The van der Waals surface area contributed by atoms with Gasteiger partial charge in [0.15, 0.2) is 0 Å². The number of methoxy groups -OCH3 is 1. The number of nitrogens with one attached hydrogen (secondary N) is 2. The molecule has 7 rings (SSSR count). The van der Waals surface area contributed by atoms with E-state index in [1.165, 1.54) is 49.9 Å². The second kappa shape index (κ2) is 15.2. The van der Waals surface area contributed by atoms with Crippen LogP contribution in [-0.4, -0.2) is 32.7 Å². The van der Waals surface area contributed by atoms with Crippen LogP contribution in [0.5, 0.6) is 0 Å². The first-order chi connectivity index (χ1) is 20.9. The maximum Gasteiger partial charge on any atom is 0.241 e. The molecule has 43 heavy (non-hydrogen) atoms. The number of nitrogens with zero attached hydrogens (tertiary/aromatic N) is 2. The van der Waals surface area contributed by atoms with Gasteiger partial charge in [0, 0.05) is 31.8 Å². The minimum Gasteiger partial charge on any atom is -0.388 e. The van der Waals surface area contributed by atoms with E-state index in [2.05, 4.69) is 100 Å². The number of carbonyl (C=O) groups excluding carboxylic acids is 1. The maximum absolute atomic E-state index is 8.00. The lowest BCUT2D eigenvalue weighted by Crippen LogP contribution is -2.55. The summed E-state index contributed by atoms with van der Waals surface area (Å²) in [6.45, 7) is 18.7. The van der Waals surface area contributed by atoms with Crippen molar-refractivity contribution in [2.45, 2.75) is 93.0 Å². The molecule has 0 bridgehead atoms. The molecule has 0 radical (unpaired) electrons. The van der Waals surface area contributed by atoms with Gasteiger partial charge in [0.1, 0.15) is 25.2 Å². The zero-order valence-corrected chi connectivity index (χ0v) is 28.5. The fourth-order valence-electron chi connectivity index (χ4n) is 9.42. The molecule has 2 N–H and O–H groups in total. The molecule has 1 aromatic heterocycles. The quantitative estimate of drug-likeness (QED) is 0.271. The monoisotopic (exact) mass is 591 g/mol. The van der Waals surface area contributed by atoms with Crippen molar-refractivity contribution in [1.29, 1.82) is 0 Å². The van der Waals surface area contributed by atoms with Crippen LogP contribution < -0.4 is 14.8 Å². The van der Waals surface area contributed by atoms with Crippen LogP contribution in [0.2, 0.25) is 0 Å². The number of imidazole rings is 1. The standard InChI is InChI=1S/C30H38N4.C2H6O.2C2H6.CH2O/c1-20-17-30(3)24(10-11-27(30)34-19-32-25-6-4-5-7-26(25)34)23-9-8-21-16-22(33-15-14-31-18-33)12-13-29(21,2)28(20)23;1-3-2;3*1-2/h4-8,11,14-15,18,20,22-24,28,32H,9-10,12-13,16-17,19H2,1-3H3;1-2H3;2*1-2H3;1H2/p+1. The summed E-state index contributed by atoms with van der Waals surface area (Å²) < 4.78 is 6.66. The van der Waals surface area contributed by atoms with Gasteiger partial charge in [0.05, 0.1) is 18.0 Å². The van der Waals surface area contributed by atoms with E-state index in [4.69, 9.17) is 4.79 Å². The van der Waals surface area contributed by atoms with Gasteiger partial charge < -0.3 is 19.7 Å². The summed E-state index contributed by atoms with van der Waals surface area (Å²) in [5.74, 6) is 3.14. The summed E-state index contributed by atoms with van der Waals surface area (Å²) in [7, 11) is 3.25. The molecule has 1 aliphatic heterocycles. The molecular weight excluding hydrogens is 532 g/mol. The molecule has 238 valence electrons. The molecule has 7 atom stereocenters. The molecule has 2 fully saturated rings. The smallest absolute Gasteiger partial charge is 0.241 e. The highest BCUT2D eigenvalue weighted by Crippen LogP contribution is 2.67. The van der Waals surface area contributed by atoms with Crippen molar-refractivity contribution in [1.82, 2.24) is 4.98 Å². The van der Waals surface area contributed by atoms with E-state index in [0.717, 1.165) is 30.3 Å². The summed E-state index contributed by atoms with van der Waals surface area (Å²) in [5.41, 5.74) is 6.66. The fourth-order valence-corrected chi connectivity index (χ4v) is 9.42. The van der Waals surface area contributed by atoms with Gasteiger partial charge in [-0.05, 0) is 73.3 Å². The van der Waals surface area contributed by atoms with Gasteiger partial charge in [-0.1, -0.05) is 78.3 Å². The van der Waals surface area contributed by atoms with Gasteiger partial charge in [0.2, 0.25) is 6.33 Å². The number of hydrogen-bond acceptors (Lipinski definition) is 4. The van der Waals surface area contributed by atoms with Crippen LogP contribution in [0.25, 0.3) is 0 Å². The average molecular weight is 592 g/mol. The lowest BCUT2D eigenvalue weighted by molar-refractivity contribution is -0.723. The van der Waals surface area contributed by atoms with E-state index in [-0.39, 0.29) is 5.41 Å². The van der Waals surface area contributed by atoms with E-state index >= 15 is 0 Å². The second-order valence-electron chi connectivity index (χ2n) is 12.7. The number of para-hydroxylation sites is 2. The van der Waals surface area contributed by atoms with Crippen LogP contribution in [0.3, 0.4) is 0 Å². The number of hydrogen-bond donors (Lipinski definition) is 2. The van der Waals surface area contributed by atoms with Crippen molar-refractivity contribution in [3.8, 4) is 0 Å². The van der Waals surface area contributed by atoms with E-state index in [0.29, 0.717) is 11.5 Å². The first-order valence-corrected chi connectivity index (χ1v) is 16.6. The van der Waals surface area contributed by atoms with Crippen molar-refractivity contribution >= 4 is 18.2 Å². The molecule has 2 heterocycles. The summed E-state index contributed by atoms with van der Waals surface area (Å²) in [6, 6.07) is 9.46. The van der Waals surface area contributed by atoms with E-state index in [1.807, 2.05) is 34.5 Å². The second-order valence-corrected chi connectivity index (χ2v) is 12.7. The van der Waals surface area contributed by atoms with Gasteiger partial charge in [-0.15, -0.1) is 0 Å². The topological polar surface area (TPSA) is 61.2 Å². The van der Waals surface area contributed by atoms with Gasteiger partial charge in [0.25, 0.3) is 0 Å². The number of benzene rings is 1. The Hall–Kier alpha value is -2.86. The van der Waals surface area contributed by atoms with E-state index < -0.39 is 0 Å². The molecule has 0 spiro atoms. The first-order valence-electron chi connectivity index (χ1n) is 16.6. The van der Waals surface area contributed by atoms with Crippen molar-refractivity contribution < 1.29 is 14.1 Å². The van der Waals surface area contributed by atoms with Crippen molar-refractivity contribution in [2.75, 3.05) is 31.1 Å². The number of fused-ring (bicyclic) bond motifs is 6. The average Bonchev–Trinajstić information content (AvgIpc) is 3.79. The number of carbonyl (C=O) groups is 1. The molecule has 2 saturated carbocycles. The molecule has 7 unspecified atom stereocenters. The van der Waals surface area contributed by atoms with Crippen LogP contribution in [0.15, 0.2) is 66.4 Å². The third kappa shape index (κ3) is 6.22. The van der Waals surface area contributed by atoms with Crippen LogP contribution >= 0.6 is 0 Å². The van der Waals surface area contributed by atoms with Gasteiger partial charge >= 0.3 is 0 Å². The molecule has 0 amide bonds. The highest BCUT2D eigenvalue weighted by Gasteiger charge is 2.60. The van der Waals surface area contributed by atoms with Gasteiger partial charge in [-0.2, -0.15) is 0 Å². The summed E-state index contributed by atoms with van der Waals surface area (Å²) in [6.07, 6.45) is 19.4. The Bertz CT molecular complexity index is 1210. The molecule has 4 aliphatic carbocycles. The predicted octanol–water partition coefficient (Wildman–Crippen LogP) is 8.57. The molecule has 2 aromatic rings. The number of allylic oxidation sites excluding steroid dienone is 4. The summed E-state index contributed by atoms with van der Waals surface area (Å²) >= 11 is 0. The maximum atomic E-state index is 8.00. The highest BCUT2D eigenvalue weighted by molar-refractivity contribution is 5.77. The Labute approximate surface area is 262 Å². The number of H-pyrrole nitrogens is 1. The molecule has 6 heteroatoms. The van der Waals surface area contributed by atoms with Crippen LogP contribution in [0.4, 0.5) is 11.4 Å². The zero-order valence-electron chi connectivity index (χ0n) is 28.5. The normalized spacial score (nSPS) is 32.8. The summed E-state index contributed by atoms with van der Waals surface area (Å²) in [4.78, 5) is 13.8. The minimum atomic E-state index is 0.277. The number of anilines is 2. The molecule has 0 saturated heterocycles. The zero-order chi connectivity index (χ0) is 31.8. The molecule has 1 aromatic carbocycles. The van der Waals surface area contributed by atoms with Crippen LogP contribution in [0, 0.1) is 34.5 Å². The molecule has 5 aliphatic rings. The van der Waals surface area contributed by atoms with Crippen molar-refractivity contribution in [2.24, 2.45) is 34.5 Å². The lowest BCUT2D eigenvalue weighted by atomic mass is 9.45. The Balaban J connectivity index is 0.000000514. The molecular formula is C37H59N4O2+. The fraction of sp³-hybridized carbons (Fsp3) is 0.622. The van der Waals surface area contributed by atoms with Crippen LogP contribution in [-0.2, 0) is 9.53 Å². The van der Waals surface area contributed by atoms with Gasteiger partial charge in [-0.3, -0.25) is 4.98 Å². The minimum absolute atomic E-state index is 0.277.